The maximum atomic E-state index is 11.0. The number of hydrogen-bond acceptors (Lipinski definition) is 4. The van der Waals surface area contributed by atoms with Gasteiger partial charge >= 0.3 is 5.69 Å². The predicted molar refractivity (Wildman–Crippen MR) is 72.9 cm³/mol. The summed E-state index contributed by atoms with van der Waals surface area (Å²) >= 11 is 0. The van der Waals surface area contributed by atoms with E-state index in [1.165, 1.54) is 37.8 Å². The van der Waals surface area contributed by atoms with Crippen LogP contribution in [0.1, 0.15) is 36.0 Å². The molecule has 2 fully saturated rings. The number of carbonyl (C=O) groups excluding carboxylic acids is 1. The van der Waals surface area contributed by atoms with Crippen LogP contribution >= 0.6 is 0 Å². The van der Waals surface area contributed by atoms with Gasteiger partial charge in [-0.25, -0.2) is 0 Å². The molecule has 0 amide bonds. The van der Waals surface area contributed by atoms with Gasteiger partial charge in [-0.15, -0.1) is 0 Å². The van der Waals surface area contributed by atoms with Crippen molar-refractivity contribution in [3.8, 4) is 5.75 Å². The quantitative estimate of drug-likeness (QED) is 0.470. The van der Waals surface area contributed by atoms with Crippen LogP contribution in [-0.2, 0) is 0 Å². The van der Waals surface area contributed by atoms with Crippen LogP contribution in [0.25, 0.3) is 0 Å². The Hall–Kier alpha value is -1.91. The molecule has 2 aliphatic rings. The van der Waals surface area contributed by atoms with Crippen molar-refractivity contribution in [2.75, 3.05) is 6.61 Å². The first-order valence-corrected chi connectivity index (χ1v) is 7.04. The van der Waals surface area contributed by atoms with Gasteiger partial charge in [-0.1, -0.05) is 6.42 Å². The minimum atomic E-state index is -0.497. The number of aldehydes is 1. The second kappa shape index (κ2) is 5.23. The molecule has 1 aromatic rings. The summed E-state index contributed by atoms with van der Waals surface area (Å²) in [5.74, 6) is 2.36. The number of ether oxygens (including phenoxy) is 1. The molecule has 0 aromatic heterocycles. The van der Waals surface area contributed by atoms with Crippen LogP contribution in [-0.4, -0.2) is 17.8 Å². The summed E-state index contributed by atoms with van der Waals surface area (Å²) in [4.78, 5) is 21.2. The molecule has 0 heterocycles. The second-order valence-electron chi connectivity index (χ2n) is 5.85. The van der Waals surface area contributed by atoms with Crippen LogP contribution in [0.2, 0.25) is 0 Å². The van der Waals surface area contributed by atoms with E-state index in [2.05, 4.69) is 0 Å². The number of hydrogen-bond donors (Lipinski definition) is 0. The lowest BCUT2D eigenvalue weighted by Gasteiger charge is -2.21. The van der Waals surface area contributed by atoms with Crippen LogP contribution < -0.4 is 4.74 Å². The van der Waals surface area contributed by atoms with Gasteiger partial charge in [0.1, 0.15) is 6.29 Å². The zero-order valence-corrected chi connectivity index (χ0v) is 11.2. The van der Waals surface area contributed by atoms with E-state index in [1.807, 2.05) is 0 Å². The smallest absolute Gasteiger partial charge is 0.311 e. The summed E-state index contributed by atoms with van der Waals surface area (Å²) < 4.78 is 5.68. The molecule has 2 aliphatic carbocycles. The van der Waals surface area contributed by atoms with Gasteiger partial charge in [0.05, 0.1) is 11.5 Å². The van der Waals surface area contributed by atoms with E-state index in [0.29, 0.717) is 24.4 Å². The zero-order valence-electron chi connectivity index (χ0n) is 11.2. The van der Waals surface area contributed by atoms with Crippen molar-refractivity contribution in [2.24, 2.45) is 17.8 Å². The Morgan fingerprint density at radius 2 is 2.20 bits per heavy atom. The average Bonchev–Trinajstić information content (AvgIpc) is 3.07. The molecule has 2 saturated carbocycles. The van der Waals surface area contributed by atoms with Gasteiger partial charge < -0.3 is 4.74 Å². The lowest BCUT2D eigenvalue weighted by Crippen LogP contribution is -2.18. The largest absolute Gasteiger partial charge is 0.487 e. The molecule has 0 N–H and O–H groups in total. The number of carbonyl (C=O) groups is 1. The Morgan fingerprint density at radius 1 is 1.35 bits per heavy atom. The molecule has 3 atom stereocenters. The maximum absolute atomic E-state index is 11.0. The molecular formula is C15H17NO4. The normalized spacial score (nSPS) is 27.5. The molecule has 3 rings (SSSR count). The molecule has 3 unspecified atom stereocenters. The lowest BCUT2D eigenvalue weighted by molar-refractivity contribution is -0.385. The highest BCUT2D eigenvalue weighted by atomic mass is 16.6. The van der Waals surface area contributed by atoms with Crippen LogP contribution in [0, 0.1) is 27.9 Å². The SMILES string of the molecule is O=Cc1ccc(OCC2CC3CCC2C3)c([N+](=O)[O-])c1. The van der Waals surface area contributed by atoms with Crippen molar-refractivity contribution >= 4 is 12.0 Å². The van der Waals surface area contributed by atoms with Crippen LogP contribution in [0.4, 0.5) is 5.69 Å². The minimum absolute atomic E-state index is 0.127. The first-order chi connectivity index (χ1) is 9.67. The van der Waals surface area contributed by atoms with Gasteiger partial charge in [0, 0.05) is 11.6 Å². The van der Waals surface area contributed by atoms with E-state index in [1.54, 1.807) is 6.07 Å². The van der Waals surface area contributed by atoms with Crippen LogP contribution in [0.3, 0.4) is 0 Å². The minimum Gasteiger partial charge on any atom is -0.487 e. The van der Waals surface area contributed by atoms with Crippen molar-refractivity contribution in [3.05, 3.63) is 33.9 Å². The summed E-state index contributed by atoms with van der Waals surface area (Å²) in [7, 11) is 0. The molecule has 5 nitrogen and oxygen atoms in total. The van der Waals surface area contributed by atoms with E-state index in [4.69, 9.17) is 4.74 Å². The third-order valence-corrected chi connectivity index (χ3v) is 4.65. The van der Waals surface area contributed by atoms with Gasteiger partial charge in [-0.2, -0.15) is 0 Å². The highest BCUT2D eigenvalue weighted by Gasteiger charge is 2.39. The number of benzene rings is 1. The third kappa shape index (κ3) is 2.40. The van der Waals surface area contributed by atoms with Gasteiger partial charge in [0.2, 0.25) is 0 Å². The lowest BCUT2D eigenvalue weighted by atomic mass is 9.89. The van der Waals surface area contributed by atoms with Gasteiger partial charge in [-0.3, -0.25) is 14.9 Å². The van der Waals surface area contributed by atoms with Crippen molar-refractivity contribution in [2.45, 2.75) is 25.7 Å². The Balaban J connectivity index is 1.70. The Kier molecular flexibility index (Phi) is 3.42. The van der Waals surface area contributed by atoms with E-state index in [-0.39, 0.29) is 11.4 Å². The number of nitrogens with zero attached hydrogens (tertiary/aromatic N) is 1. The van der Waals surface area contributed by atoms with E-state index >= 15 is 0 Å². The monoisotopic (exact) mass is 275 g/mol. The van der Waals surface area contributed by atoms with Crippen LogP contribution in [0.5, 0.6) is 5.75 Å². The topological polar surface area (TPSA) is 69.4 Å². The van der Waals surface area contributed by atoms with E-state index < -0.39 is 4.92 Å². The zero-order chi connectivity index (χ0) is 14.1. The number of fused-ring (bicyclic) bond motifs is 2. The second-order valence-corrected chi connectivity index (χ2v) is 5.85. The number of rotatable bonds is 5. The highest BCUT2D eigenvalue weighted by molar-refractivity contribution is 5.77. The molecule has 20 heavy (non-hydrogen) atoms. The third-order valence-electron chi connectivity index (χ3n) is 4.65. The highest BCUT2D eigenvalue weighted by Crippen LogP contribution is 2.48. The first kappa shape index (κ1) is 13.1. The van der Waals surface area contributed by atoms with Crippen molar-refractivity contribution < 1.29 is 14.5 Å². The fraction of sp³-hybridized carbons (Fsp3) is 0.533. The fourth-order valence-corrected chi connectivity index (χ4v) is 3.65. The standard InChI is InChI=1S/C15H17NO4/c17-8-11-2-4-15(14(7-11)16(18)19)20-9-13-6-10-1-3-12(13)5-10/h2,4,7-8,10,12-13H,1,3,5-6,9H2. The Bertz CT molecular complexity index is 543. The van der Waals surface area contributed by atoms with Crippen molar-refractivity contribution in [1.29, 1.82) is 0 Å². The summed E-state index contributed by atoms with van der Waals surface area (Å²) in [5, 5.41) is 11.0. The van der Waals surface area contributed by atoms with Gasteiger partial charge in [0.25, 0.3) is 0 Å². The maximum Gasteiger partial charge on any atom is 0.311 e. The van der Waals surface area contributed by atoms with Gasteiger partial charge in [-0.05, 0) is 49.1 Å². The molecule has 5 heteroatoms. The average molecular weight is 275 g/mol. The molecule has 0 radical (unpaired) electrons. The Morgan fingerprint density at radius 3 is 2.80 bits per heavy atom. The molecule has 2 bridgehead atoms. The number of nitro benzene ring substituents is 1. The molecular weight excluding hydrogens is 258 g/mol. The van der Waals surface area contributed by atoms with E-state index in [0.717, 1.165) is 11.8 Å². The molecule has 0 spiro atoms. The van der Waals surface area contributed by atoms with Crippen molar-refractivity contribution in [1.82, 2.24) is 0 Å². The molecule has 106 valence electrons. The summed E-state index contributed by atoms with van der Waals surface area (Å²) in [6.07, 6.45) is 5.68. The molecule has 0 aliphatic heterocycles. The van der Waals surface area contributed by atoms with E-state index in [9.17, 15) is 14.9 Å². The van der Waals surface area contributed by atoms with Crippen molar-refractivity contribution in [3.63, 3.8) is 0 Å². The summed E-state index contributed by atoms with van der Waals surface area (Å²) in [5.41, 5.74) is 0.168. The predicted octanol–water partition coefficient (Wildman–Crippen LogP) is 3.22. The fourth-order valence-electron chi connectivity index (χ4n) is 3.65. The molecule has 0 saturated heterocycles. The summed E-state index contributed by atoms with van der Waals surface area (Å²) in [6, 6.07) is 4.34. The van der Waals surface area contributed by atoms with Crippen LogP contribution in [0.15, 0.2) is 18.2 Å². The first-order valence-electron chi connectivity index (χ1n) is 7.04. The Labute approximate surface area is 117 Å². The molecule has 1 aromatic carbocycles. The number of nitro groups is 1. The van der Waals surface area contributed by atoms with Gasteiger partial charge in [0.15, 0.2) is 5.75 Å². The summed E-state index contributed by atoms with van der Waals surface area (Å²) in [6.45, 7) is 0.544.